The first-order valence-corrected chi connectivity index (χ1v) is 9.67. The van der Waals surface area contributed by atoms with E-state index in [-0.39, 0.29) is 17.9 Å². The Labute approximate surface area is 167 Å². The van der Waals surface area contributed by atoms with Gasteiger partial charge in [0.15, 0.2) is 0 Å². The lowest BCUT2D eigenvalue weighted by atomic mass is 10.0. The molecule has 0 fully saturated rings. The predicted octanol–water partition coefficient (Wildman–Crippen LogP) is 4.09. The van der Waals surface area contributed by atoms with Crippen LogP contribution in [0.2, 0.25) is 0 Å². The summed E-state index contributed by atoms with van der Waals surface area (Å²) >= 11 is 3.40. The second-order valence-corrected chi connectivity index (χ2v) is 7.86. The van der Waals surface area contributed by atoms with Gasteiger partial charge in [0.25, 0.3) is 5.91 Å². The standard InChI is InChI=1S/C21H24BrFN2O2/c1-13(2)19(25-20(26)16-6-10-18(23)11-7-16)21(27)24-14(3)12-15-4-8-17(22)9-5-15/h4-11,13-14,19H,12H2,1-3H3,(H,24,27)(H,25,26). The molecule has 2 atom stereocenters. The Morgan fingerprint density at radius 1 is 0.963 bits per heavy atom. The van der Waals surface area contributed by atoms with E-state index in [1.807, 2.05) is 45.0 Å². The summed E-state index contributed by atoms with van der Waals surface area (Å²) in [4.78, 5) is 25.0. The fourth-order valence-corrected chi connectivity index (χ4v) is 2.98. The zero-order valence-corrected chi connectivity index (χ0v) is 17.2. The molecule has 0 radical (unpaired) electrons. The molecule has 2 aromatic carbocycles. The molecule has 0 heterocycles. The van der Waals surface area contributed by atoms with Crippen molar-refractivity contribution >= 4 is 27.7 Å². The summed E-state index contributed by atoms with van der Waals surface area (Å²) in [5.74, 6) is -1.13. The summed E-state index contributed by atoms with van der Waals surface area (Å²) in [7, 11) is 0. The normalized spacial score (nSPS) is 13.1. The molecular formula is C21H24BrFN2O2. The number of carbonyl (C=O) groups excluding carboxylic acids is 2. The van der Waals surface area contributed by atoms with E-state index in [4.69, 9.17) is 0 Å². The largest absolute Gasteiger partial charge is 0.352 e. The van der Waals surface area contributed by atoms with Crippen molar-refractivity contribution in [1.82, 2.24) is 10.6 Å². The molecule has 0 aliphatic carbocycles. The van der Waals surface area contributed by atoms with Crippen LogP contribution >= 0.6 is 15.9 Å². The van der Waals surface area contributed by atoms with E-state index in [2.05, 4.69) is 26.6 Å². The van der Waals surface area contributed by atoms with Crippen molar-refractivity contribution in [1.29, 1.82) is 0 Å². The number of amides is 2. The van der Waals surface area contributed by atoms with Crippen LogP contribution in [0.5, 0.6) is 0 Å². The number of benzene rings is 2. The Bertz CT molecular complexity index is 776. The van der Waals surface area contributed by atoms with Crippen LogP contribution in [0, 0.1) is 11.7 Å². The summed E-state index contributed by atoms with van der Waals surface area (Å²) in [5, 5.41) is 5.71. The lowest BCUT2D eigenvalue weighted by Gasteiger charge is -2.24. The minimum Gasteiger partial charge on any atom is -0.352 e. The van der Waals surface area contributed by atoms with E-state index in [0.717, 1.165) is 10.0 Å². The van der Waals surface area contributed by atoms with Crippen molar-refractivity contribution < 1.29 is 14.0 Å². The van der Waals surface area contributed by atoms with Gasteiger partial charge in [-0.05, 0) is 61.2 Å². The molecule has 2 rings (SSSR count). The number of rotatable bonds is 7. The number of halogens is 2. The van der Waals surface area contributed by atoms with E-state index in [9.17, 15) is 14.0 Å². The third kappa shape index (κ3) is 6.47. The number of hydrogen-bond acceptors (Lipinski definition) is 2. The Morgan fingerprint density at radius 2 is 1.56 bits per heavy atom. The van der Waals surface area contributed by atoms with Gasteiger partial charge in [-0.2, -0.15) is 0 Å². The van der Waals surface area contributed by atoms with Crippen molar-refractivity contribution in [3.63, 3.8) is 0 Å². The van der Waals surface area contributed by atoms with Crippen LogP contribution in [0.3, 0.4) is 0 Å². The number of carbonyl (C=O) groups is 2. The SMILES string of the molecule is CC(Cc1ccc(Br)cc1)NC(=O)C(NC(=O)c1ccc(F)cc1)C(C)C. The highest BCUT2D eigenvalue weighted by Gasteiger charge is 2.25. The van der Waals surface area contributed by atoms with Gasteiger partial charge in [0, 0.05) is 16.1 Å². The first kappa shape index (κ1) is 21.1. The van der Waals surface area contributed by atoms with Gasteiger partial charge in [0.05, 0.1) is 0 Å². The number of hydrogen-bond donors (Lipinski definition) is 2. The van der Waals surface area contributed by atoms with E-state index in [1.165, 1.54) is 24.3 Å². The van der Waals surface area contributed by atoms with Gasteiger partial charge in [-0.15, -0.1) is 0 Å². The second kappa shape index (κ2) is 9.65. The Hall–Kier alpha value is -2.21. The third-order valence-corrected chi connectivity index (χ3v) is 4.71. The van der Waals surface area contributed by atoms with E-state index in [1.54, 1.807) is 0 Å². The smallest absolute Gasteiger partial charge is 0.251 e. The quantitative estimate of drug-likeness (QED) is 0.689. The lowest BCUT2D eigenvalue weighted by molar-refractivity contribution is -0.124. The molecule has 0 saturated heterocycles. The molecule has 2 N–H and O–H groups in total. The van der Waals surface area contributed by atoms with Gasteiger partial charge in [-0.25, -0.2) is 4.39 Å². The van der Waals surface area contributed by atoms with E-state index in [0.29, 0.717) is 12.0 Å². The monoisotopic (exact) mass is 434 g/mol. The molecule has 2 aromatic rings. The molecule has 144 valence electrons. The van der Waals surface area contributed by atoms with Gasteiger partial charge in [-0.1, -0.05) is 41.9 Å². The first-order valence-electron chi connectivity index (χ1n) is 8.87. The zero-order chi connectivity index (χ0) is 20.0. The van der Waals surface area contributed by atoms with Gasteiger partial charge in [0.2, 0.25) is 5.91 Å². The fourth-order valence-electron chi connectivity index (χ4n) is 2.72. The summed E-state index contributed by atoms with van der Waals surface area (Å²) in [6, 6.07) is 12.4. The third-order valence-electron chi connectivity index (χ3n) is 4.19. The van der Waals surface area contributed by atoms with Crippen molar-refractivity contribution in [2.75, 3.05) is 0 Å². The molecule has 0 saturated carbocycles. The second-order valence-electron chi connectivity index (χ2n) is 6.94. The van der Waals surface area contributed by atoms with Gasteiger partial charge >= 0.3 is 0 Å². The van der Waals surface area contributed by atoms with Crippen LogP contribution in [-0.4, -0.2) is 23.9 Å². The first-order chi connectivity index (χ1) is 12.8. The molecule has 6 heteroatoms. The molecule has 0 bridgehead atoms. The summed E-state index contributed by atoms with van der Waals surface area (Å²) in [5.41, 5.74) is 1.43. The lowest BCUT2D eigenvalue weighted by Crippen LogP contribution is -2.52. The molecule has 27 heavy (non-hydrogen) atoms. The molecular weight excluding hydrogens is 411 g/mol. The maximum absolute atomic E-state index is 13.0. The zero-order valence-electron chi connectivity index (χ0n) is 15.6. The molecule has 4 nitrogen and oxygen atoms in total. The molecule has 2 unspecified atom stereocenters. The van der Waals surface area contributed by atoms with Gasteiger partial charge < -0.3 is 10.6 Å². The predicted molar refractivity (Wildman–Crippen MR) is 108 cm³/mol. The van der Waals surface area contributed by atoms with Crippen LogP contribution in [0.4, 0.5) is 4.39 Å². The van der Waals surface area contributed by atoms with Crippen LogP contribution < -0.4 is 10.6 Å². The Morgan fingerprint density at radius 3 is 2.11 bits per heavy atom. The van der Waals surface area contributed by atoms with Crippen molar-refractivity contribution in [3.05, 3.63) is 69.9 Å². The molecule has 0 aromatic heterocycles. The van der Waals surface area contributed by atoms with Crippen molar-refractivity contribution in [2.45, 2.75) is 39.3 Å². The highest BCUT2D eigenvalue weighted by molar-refractivity contribution is 9.10. The van der Waals surface area contributed by atoms with Crippen LogP contribution in [-0.2, 0) is 11.2 Å². The average Bonchev–Trinajstić information content (AvgIpc) is 2.61. The van der Waals surface area contributed by atoms with E-state index >= 15 is 0 Å². The Kier molecular flexibility index (Phi) is 7.54. The summed E-state index contributed by atoms with van der Waals surface area (Å²) in [6.45, 7) is 5.67. The molecule has 0 aliphatic heterocycles. The summed E-state index contributed by atoms with van der Waals surface area (Å²) in [6.07, 6.45) is 0.690. The van der Waals surface area contributed by atoms with Gasteiger partial charge in [-0.3, -0.25) is 9.59 Å². The van der Waals surface area contributed by atoms with Crippen LogP contribution in [0.25, 0.3) is 0 Å². The Balaban J connectivity index is 1.98. The van der Waals surface area contributed by atoms with E-state index < -0.39 is 17.8 Å². The van der Waals surface area contributed by atoms with Crippen molar-refractivity contribution in [3.8, 4) is 0 Å². The maximum atomic E-state index is 13.0. The highest BCUT2D eigenvalue weighted by Crippen LogP contribution is 2.12. The minimum absolute atomic E-state index is 0.0809. The molecule has 2 amide bonds. The number of nitrogens with one attached hydrogen (secondary N) is 2. The van der Waals surface area contributed by atoms with Gasteiger partial charge in [0.1, 0.15) is 11.9 Å². The van der Waals surface area contributed by atoms with Crippen molar-refractivity contribution in [2.24, 2.45) is 5.92 Å². The molecule has 0 spiro atoms. The topological polar surface area (TPSA) is 58.2 Å². The average molecular weight is 435 g/mol. The minimum atomic E-state index is -0.671. The van der Waals surface area contributed by atoms with Crippen LogP contribution in [0.1, 0.15) is 36.7 Å². The maximum Gasteiger partial charge on any atom is 0.251 e. The fraction of sp³-hybridized carbons (Fsp3) is 0.333. The molecule has 0 aliphatic rings. The summed E-state index contributed by atoms with van der Waals surface area (Å²) < 4.78 is 14.0. The highest BCUT2D eigenvalue weighted by atomic mass is 79.9. The van der Waals surface area contributed by atoms with Crippen LogP contribution in [0.15, 0.2) is 53.0 Å².